The molecule has 1 aliphatic heterocycles. The lowest BCUT2D eigenvalue weighted by atomic mass is 9.93. The lowest BCUT2D eigenvalue weighted by molar-refractivity contribution is 0.402. The average molecular weight is 303 g/mol. The first kappa shape index (κ1) is 14.8. The smallest absolute Gasteiger partial charge is 0.139 e. The molecule has 0 aromatic carbocycles. The molecule has 0 saturated carbocycles. The number of nitrogens with zero attached hydrogens (tertiary/aromatic N) is 2. The predicted octanol–water partition coefficient (Wildman–Crippen LogP) is 3.22. The molecule has 2 aliphatic rings. The molecule has 2 heterocycles. The summed E-state index contributed by atoms with van der Waals surface area (Å²) >= 11 is 5.29. The van der Waals surface area contributed by atoms with Crippen LogP contribution in [0.3, 0.4) is 0 Å². The Morgan fingerprint density at radius 2 is 2.19 bits per heavy atom. The van der Waals surface area contributed by atoms with Crippen molar-refractivity contribution in [2.45, 2.75) is 51.9 Å². The van der Waals surface area contributed by atoms with Crippen LogP contribution >= 0.6 is 12.2 Å². The SMILES string of the molecule is CCC1CCCN(c2nc3c(cc2C(N)=S)CCCC3)C1. The first-order chi connectivity index (χ1) is 10.2. The van der Waals surface area contributed by atoms with Crippen molar-refractivity contribution in [1.82, 2.24) is 4.98 Å². The number of pyridine rings is 1. The average Bonchev–Trinajstić information content (AvgIpc) is 2.53. The first-order valence-corrected chi connectivity index (χ1v) is 8.67. The Morgan fingerprint density at radius 3 is 2.95 bits per heavy atom. The van der Waals surface area contributed by atoms with Crippen LogP contribution in [0.25, 0.3) is 0 Å². The van der Waals surface area contributed by atoms with Crippen molar-refractivity contribution in [2.75, 3.05) is 18.0 Å². The van der Waals surface area contributed by atoms with E-state index in [-0.39, 0.29) is 0 Å². The number of fused-ring (bicyclic) bond motifs is 1. The molecule has 1 atom stereocenters. The number of hydrogen-bond acceptors (Lipinski definition) is 3. The lowest BCUT2D eigenvalue weighted by Crippen LogP contribution is -2.37. The Balaban J connectivity index is 1.97. The summed E-state index contributed by atoms with van der Waals surface area (Å²) in [5, 5.41) is 0. The molecule has 1 fully saturated rings. The van der Waals surface area contributed by atoms with Crippen molar-refractivity contribution in [1.29, 1.82) is 0 Å². The maximum Gasteiger partial charge on any atom is 0.139 e. The van der Waals surface area contributed by atoms with E-state index in [0.717, 1.165) is 43.2 Å². The number of thiocarbonyl (C=S) groups is 1. The van der Waals surface area contributed by atoms with E-state index in [1.165, 1.54) is 43.4 Å². The Morgan fingerprint density at radius 1 is 1.38 bits per heavy atom. The first-order valence-electron chi connectivity index (χ1n) is 8.26. The van der Waals surface area contributed by atoms with Crippen molar-refractivity contribution >= 4 is 23.0 Å². The van der Waals surface area contributed by atoms with E-state index in [2.05, 4.69) is 17.9 Å². The van der Waals surface area contributed by atoms with Gasteiger partial charge in [-0.3, -0.25) is 0 Å². The molecule has 1 aliphatic carbocycles. The van der Waals surface area contributed by atoms with Crippen molar-refractivity contribution in [3.8, 4) is 0 Å². The zero-order chi connectivity index (χ0) is 14.8. The number of hydrogen-bond donors (Lipinski definition) is 1. The molecule has 1 saturated heterocycles. The molecule has 0 spiro atoms. The molecule has 4 heteroatoms. The van der Waals surface area contributed by atoms with Crippen molar-refractivity contribution in [2.24, 2.45) is 11.7 Å². The van der Waals surface area contributed by atoms with Crippen molar-refractivity contribution in [3.05, 3.63) is 22.9 Å². The van der Waals surface area contributed by atoms with Crippen molar-refractivity contribution in [3.63, 3.8) is 0 Å². The minimum absolute atomic E-state index is 0.490. The predicted molar refractivity (Wildman–Crippen MR) is 92.0 cm³/mol. The third-order valence-electron chi connectivity index (χ3n) is 4.94. The van der Waals surface area contributed by atoms with Crippen LogP contribution in [0.5, 0.6) is 0 Å². The minimum atomic E-state index is 0.490. The van der Waals surface area contributed by atoms with Crippen LogP contribution in [0.1, 0.15) is 55.8 Å². The molecule has 2 N–H and O–H groups in total. The minimum Gasteiger partial charge on any atom is -0.389 e. The van der Waals surface area contributed by atoms with Crippen molar-refractivity contribution < 1.29 is 0 Å². The van der Waals surface area contributed by atoms with E-state index in [0.29, 0.717) is 4.99 Å². The second kappa shape index (κ2) is 6.30. The fourth-order valence-corrected chi connectivity index (χ4v) is 3.79. The highest BCUT2D eigenvalue weighted by Crippen LogP contribution is 2.30. The van der Waals surface area contributed by atoms with Crippen LogP contribution in [-0.2, 0) is 12.8 Å². The standard InChI is InChI=1S/C17H25N3S/c1-2-12-6-5-9-20(11-12)17-14(16(18)21)10-13-7-3-4-8-15(13)19-17/h10,12H,2-9,11H2,1H3,(H2,18,21). The van der Waals surface area contributed by atoms with Gasteiger partial charge in [-0.2, -0.15) is 0 Å². The van der Waals surface area contributed by atoms with Gasteiger partial charge in [-0.1, -0.05) is 25.6 Å². The molecule has 1 aromatic rings. The normalized spacial score (nSPS) is 22.0. The summed E-state index contributed by atoms with van der Waals surface area (Å²) in [5.41, 5.74) is 9.61. The van der Waals surface area contributed by atoms with Crippen LogP contribution < -0.4 is 10.6 Å². The largest absolute Gasteiger partial charge is 0.389 e. The zero-order valence-corrected chi connectivity index (χ0v) is 13.7. The molecule has 0 amide bonds. The lowest BCUT2D eigenvalue weighted by Gasteiger charge is -2.35. The van der Waals surface area contributed by atoms with Gasteiger partial charge in [-0.25, -0.2) is 4.98 Å². The molecule has 3 nitrogen and oxygen atoms in total. The van der Waals surface area contributed by atoms with Gasteiger partial charge in [0, 0.05) is 18.8 Å². The maximum atomic E-state index is 5.99. The second-order valence-electron chi connectivity index (χ2n) is 6.40. The molecular weight excluding hydrogens is 278 g/mol. The van der Waals surface area contributed by atoms with Gasteiger partial charge in [0.1, 0.15) is 10.8 Å². The van der Waals surface area contributed by atoms with Gasteiger partial charge < -0.3 is 10.6 Å². The zero-order valence-electron chi connectivity index (χ0n) is 12.9. The van der Waals surface area contributed by atoms with Gasteiger partial charge in [0.05, 0.1) is 5.56 Å². The summed E-state index contributed by atoms with van der Waals surface area (Å²) in [7, 11) is 0. The molecule has 0 bridgehead atoms. The molecule has 114 valence electrons. The van der Waals surface area contributed by atoms with Gasteiger partial charge in [0.25, 0.3) is 0 Å². The second-order valence-corrected chi connectivity index (χ2v) is 6.84. The number of rotatable bonds is 3. The highest BCUT2D eigenvalue weighted by molar-refractivity contribution is 7.80. The number of nitrogens with two attached hydrogens (primary N) is 1. The Hall–Kier alpha value is -1.16. The Labute approximate surface area is 132 Å². The highest BCUT2D eigenvalue weighted by Gasteiger charge is 2.24. The summed E-state index contributed by atoms with van der Waals surface area (Å²) in [5.74, 6) is 1.82. The summed E-state index contributed by atoms with van der Waals surface area (Å²) in [6.07, 6.45) is 8.55. The summed E-state index contributed by atoms with van der Waals surface area (Å²) in [6.45, 7) is 4.46. The van der Waals surface area contributed by atoms with Crippen LogP contribution in [-0.4, -0.2) is 23.1 Å². The van der Waals surface area contributed by atoms with Crippen LogP contribution in [0.4, 0.5) is 5.82 Å². The van der Waals surface area contributed by atoms with Gasteiger partial charge in [-0.15, -0.1) is 0 Å². The number of anilines is 1. The quantitative estimate of drug-likeness (QED) is 0.871. The molecule has 0 radical (unpaired) electrons. The molecule has 1 unspecified atom stereocenters. The van der Waals surface area contributed by atoms with Crippen LogP contribution in [0.2, 0.25) is 0 Å². The van der Waals surface area contributed by atoms with Crippen LogP contribution in [0.15, 0.2) is 6.07 Å². The Kier molecular flexibility index (Phi) is 4.43. The fourth-order valence-electron chi connectivity index (χ4n) is 3.64. The summed E-state index contributed by atoms with van der Waals surface area (Å²) in [6, 6.07) is 2.22. The van der Waals surface area contributed by atoms with Gasteiger partial charge in [0.15, 0.2) is 0 Å². The monoisotopic (exact) mass is 303 g/mol. The number of piperidine rings is 1. The van der Waals surface area contributed by atoms with E-state index < -0.39 is 0 Å². The van der Waals surface area contributed by atoms with E-state index >= 15 is 0 Å². The maximum absolute atomic E-state index is 5.99. The van der Waals surface area contributed by atoms with Gasteiger partial charge in [-0.05, 0) is 56.1 Å². The molecule has 3 rings (SSSR count). The molecule has 1 aromatic heterocycles. The van der Waals surface area contributed by atoms with Crippen LogP contribution in [0, 0.1) is 5.92 Å². The number of aromatic nitrogens is 1. The van der Waals surface area contributed by atoms with E-state index in [1.54, 1.807) is 0 Å². The third-order valence-corrected chi connectivity index (χ3v) is 5.16. The number of aryl methyl sites for hydroxylation is 2. The van der Waals surface area contributed by atoms with Gasteiger partial charge in [0.2, 0.25) is 0 Å². The third kappa shape index (κ3) is 3.05. The van der Waals surface area contributed by atoms with E-state index in [9.17, 15) is 0 Å². The van der Waals surface area contributed by atoms with Gasteiger partial charge >= 0.3 is 0 Å². The topological polar surface area (TPSA) is 42.2 Å². The molecular formula is C17H25N3S. The van der Waals surface area contributed by atoms with E-state index in [1.807, 2.05) is 0 Å². The highest BCUT2D eigenvalue weighted by atomic mass is 32.1. The molecule has 21 heavy (non-hydrogen) atoms. The van der Waals surface area contributed by atoms with E-state index in [4.69, 9.17) is 22.9 Å². The summed E-state index contributed by atoms with van der Waals surface area (Å²) < 4.78 is 0. The summed E-state index contributed by atoms with van der Waals surface area (Å²) in [4.78, 5) is 7.89. The Bertz CT molecular complexity index is 541. The fraction of sp³-hybridized carbons (Fsp3) is 0.647.